The fourth-order valence-corrected chi connectivity index (χ4v) is 2.82. The molecule has 0 unspecified atom stereocenters. The summed E-state index contributed by atoms with van der Waals surface area (Å²) in [6.07, 6.45) is 3.43. The van der Waals surface area contributed by atoms with E-state index in [4.69, 9.17) is 4.74 Å². The Kier molecular flexibility index (Phi) is 6.51. The largest absolute Gasteiger partial charge is 0.381 e. The van der Waals surface area contributed by atoms with E-state index in [0.717, 1.165) is 18.6 Å². The first-order chi connectivity index (χ1) is 8.63. The zero-order valence-electron chi connectivity index (χ0n) is 11.2. The molecule has 1 N–H and O–H groups in total. The molecule has 0 aromatic heterocycles. The number of hydrogen-bond acceptors (Lipinski definition) is 4. The van der Waals surface area contributed by atoms with Crippen LogP contribution in [0, 0.1) is 11.3 Å². The number of nitrogens with one attached hydrogen (secondary N) is 1. The first-order valence-corrected chi connectivity index (χ1v) is 7.61. The molecule has 0 aromatic carbocycles. The molecule has 1 rings (SSSR count). The molecule has 1 heterocycles. The molecule has 0 spiro atoms. The highest BCUT2D eigenvalue weighted by Gasteiger charge is 2.35. The SMILES string of the molecule is CCCCS[C@@H](C)C(=O)NC1(C#N)CCOCC1. The summed E-state index contributed by atoms with van der Waals surface area (Å²) >= 11 is 1.65. The van der Waals surface area contributed by atoms with Crippen molar-refractivity contribution in [2.24, 2.45) is 0 Å². The number of nitriles is 1. The van der Waals surface area contributed by atoms with Crippen LogP contribution in [-0.2, 0) is 9.53 Å². The summed E-state index contributed by atoms with van der Waals surface area (Å²) in [5, 5.41) is 12.1. The summed E-state index contributed by atoms with van der Waals surface area (Å²) in [6.45, 7) is 5.13. The highest BCUT2D eigenvalue weighted by Crippen LogP contribution is 2.21. The Morgan fingerprint density at radius 1 is 1.56 bits per heavy atom. The Morgan fingerprint density at radius 3 is 2.78 bits per heavy atom. The van der Waals surface area contributed by atoms with Gasteiger partial charge in [0, 0.05) is 26.1 Å². The summed E-state index contributed by atoms with van der Waals surface area (Å²) in [5.41, 5.74) is -0.713. The van der Waals surface area contributed by atoms with Gasteiger partial charge in [-0.2, -0.15) is 5.26 Å². The van der Waals surface area contributed by atoms with Crippen LogP contribution in [0.1, 0.15) is 39.5 Å². The Balaban J connectivity index is 2.44. The number of thioether (sulfide) groups is 1. The molecule has 1 saturated heterocycles. The second kappa shape index (κ2) is 7.65. The quantitative estimate of drug-likeness (QED) is 0.751. The van der Waals surface area contributed by atoms with Gasteiger partial charge in [0.2, 0.25) is 5.91 Å². The minimum atomic E-state index is -0.713. The zero-order chi connectivity index (χ0) is 13.4. The van der Waals surface area contributed by atoms with Gasteiger partial charge in [0.15, 0.2) is 0 Å². The number of carbonyl (C=O) groups excluding carboxylic acids is 1. The molecule has 0 aromatic rings. The first kappa shape index (κ1) is 15.3. The van der Waals surface area contributed by atoms with E-state index in [1.165, 1.54) is 0 Å². The van der Waals surface area contributed by atoms with Crippen molar-refractivity contribution >= 4 is 17.7 Å². The molecule has 0 bridgehead atoms. The molecule has 18 heavy (non-hydrogen) atoms. The molecule has 102 valence electrons. The van der Waals surface area contributed by atoms with E-state index in [1.807, 2.05) is 6.92 Å². The summed E-state index contributed by atoms with van der Waals surface area (Å²) in [7, 11) is 0. The summed E-state index contributed by atoms with van der Waals surface area (Å²) in [4.78, 5) is 12.0. The number of nitrogens with zero attached hydrogens (tertiary/aromatic N) is 1. The van der Waals surface area contributed by atoms with Crippen LogP contribution in [0.3, 0.4) is 0 Å². The Bertz CT molecular complexity index is 309. The van der Waals surface area contributed by atoms with Crippen LogP contribution < -0.4 is 5.32 Å². The summed E-state index contributed by atoms with van der Waals surface area (Å²) in [5.74, 6) is 0.966. The molecule has 1 atom stereocenters. The van der Waals surface area contributed by atoms with Crippen LogP contribution in [0.2, 0.25) is 0 Å². The van der Waals surface area contributed by atoms with Gasteiger partial charge in [0.05, 0.1) is 11.3 Å². The van der Waals surface area contributed by atoms with E-state index in [9.17, 15) is 10.1 Å². The Labute approximate surface area is 113 Å². The predicted molar refractivity (Wildman–Crippen MR) is 73.4 cm³/mol. The van der Waals surface area contributed by atoms with Crippen LogP contribution in [0.5, 0.6) is 0 Å². The summed E-state index contributed by atoms with van der Waals surface area (Å²) in [6, 6.07) is 2.25. The van der Waals surface area contributed by atoms with Gasteiger partial charge in [-0.3, -0.25) is 4.79 Å². The molecule has 0 aliphatic carbocycles. The average Bonchev–Trinajstić information content (AvgIpc) is 2.40. The molecule has 0 saturated carbocycles. The number of amides is 1. The first-order valence-electron chi connectivity index (χ1n) is 6.56. The van der Waals surface area contributed by atoms with Crippen molar-refractivity contribution in [3.63, 3.8) is 0 Å². The van der Waals surface area contributed by atoms with Gasteiger partial charge >= 0.3 is 0 Å². The van der Waals surface area contributed by atoms with E-state index in [-0.39, 0.29) is 11.2 Å². The van der Waals surface area contributed by atoms with Crippen molar-refractivity contribution in [1.29, 1.82) is 5.26 Å². The second-order valence-electron chi connectivity index (χ2n) is 4.66. The lowest BCUT2D eigenvalue weighted by molar-refractivity contribution is -0.122. The fourth-order valence-electron chi connectivity index (χ4n) is 1.80. The van der Waals surface area contributed by atoms with Gasteiger partial charge in [0.1, 0.15) is 5.54 Å². The van der Waals surface area contributed by atoms with Gasteiger partial charge < -0.3 is 10.1 Å². The maximum absolute atomic E-state index is 12.0. The monoisotopic (exact) mass is 270 g/mol. The van der Waals surface area contributed by atoms with Gasteiger partial charge in [0.25, 0.3) is 0 Å². The molecular weight excluding hydrogens is 248 g/mol. The lowest BCUT2D eigenvalue weighted by Crippen LogP contribution is -2.52. The third-order valence-corrected chi connectivity index (χ3v) is 4.40. The number of carbonyl (C=O) groups is 1. The zero-order valence-corrected chi connectivity index (χ0v) is 12.0. The predicted octanol–water partition coefficient (Wildman–Crippen LogP) is 2.10. The van der Waals surface area contributed by atoms with Crippen LogP contribution in [0.4, 0.5) is 0 Å². The van der Waals surface area contributed by atoms with E-state index in [2.05, 4.69) is 18.3 Å². The third-order valence-electron chi connectivity index (χ3n) is 3.16. The lowest BCUT2D eigenvalue weighted by atomic mass is 9.91. The van der Waals surface area contributed by atoms with E-state index in [0.29, 0.717) is 26.1 Å². The molecular formula is C13H22N2O2S. The maximum Gasteiger partial charge on any atom is 0.234 e. The van der Waals surface area contributed by atoms with Crippen LogP contribution >= 0.6 is 11.8 Å². The number of hydrogen-bond donors (Lipinski definition) is 1. The highest BCUT2D eigenvalue weighted by atomic mass is 32.2. The van der Waals surface area contributed by atoms with Crippen LogP contribution in [0.25, 0.3) is 0 Å². The Hall–Kier alpha value is -0.730. The molecule has 1 aliphatic rings. The maximum atomic E-state index is 12.0. The normalized spacial score (nSPS) is 19.8. The number of ether oxygens (including phenoxy) is 1. The van der Waals surface area contributed by atoms with Crippen molar-refractivity contribution in [3.05, 3.63) is 0 Å². The number of unbranched alkanes of at least 4 members (excludes halogenated alkanes) is 1. The third kappa shape index (κ3) is 4.51. The Morgan fingerprint density at radius 2 is 2.22 bits per heavy atom. The van der Waals surface area contributed by atoms with E-state index < -0.39 is 5.54 Å². The molecule has 1 fully saturated rings. The van der Waals surface area contributed by atoms with Crippen molar-refractivity contribution in [1.82, 2.24) is 5.32 Å². The topological polar surface area (TPSA) is 62.1 Å². The number of rotatable bonds is 6. The highest BCUT2D eigenvalue weighted by molar-refractivity contribution is 8.00. The lowest BCUT2D eigenvalue weighted by Gasteiger charge is -2.32. The van der Waals surface area contributed by atoms with E-state index in [1.54, 1.807) is 11.8 Å². The smallest absolute Gasteiger partial charge is 0.234 e. The van der Waals surface area contributed by atoms with Crippen molar-refractivity contribution in [3.8, 4) is 6.07 Å². The standard InChI is InChI=1S/C13H22N2O2S/c1-3-4-9-18-11(2)12(16)15-13(10-14)5-7-17-8-6-13/h11H,3-9H2,1-2H3,(H,15,16)/t11-/m0/s1. The van der Waals surface area contributed by atoms with Crippen LogP contribution in [-0.4, -0.2) is 35.7 Å². The van der Waals surface area contributed by atoms with Crippen molar-refractivity contribution < 1.29 is 9.53 Å². The summed E-state index contributed by atoms with van der Waals surface area (Å²) < 4.78 is 5.24. The minimum Gasteiger partial charge on any atom is -0.381 e. The average molecular weight is 270 g/mol. The van der Waals surface area contributed by atoms with Gasteiger partial charge in [-0.15, -0.1) is 11.8 Å². The van der Waals surface area contributed by atoms with Gasteiger partial charge in [-0.25, -0.2) is 0 Å². The molecule has 1 aliphatic heterocycles. The second-order valence-corrected chi connectivity index (χ2v) is 6.11. The van der Waals surface area contributed by atoms with Crippen molar-refractivity contribution in [2.45, 2.75) is 50.3 Å². The van der Waals surface area contributed by atoms with Crippen LogP contribution in [0.15, 0.2) is 0 Å². The molecule has 5 heteroatoms. The van der Waals surface area contributed by atoms with Gasteiger partial charge in [-0.05, 0) is 19.1 Å². The molecule has 4 nitrogen and oxygen atoms in total. The molecule has 0 radical (unpaired) electrons. The van der Waals surface area contributed by atoms with Crippen molar-refractivity contribution in [2.75, 3.05) is 19.0 Å². The molecule has 1 amide bonds. The van der Waals surface area contributed by atoms with Gasteiger partial charge in [-0.1, -0.05) is 13.3 Å². The minimum absolute atomic E-state index is 0.0282. The fraction of sp³-hybridized carbons (Fsp3) is 0.846. The van der Waals surface area contributed by atoms with E-state index >= 15 is 0 Å².